The first-order chi connectivity index (χ1) is 11.4. The Kier molecular flexibility index (Phi) is 5.20. The number of carbonyl (C=O) groups excluding carboxylic acids is 2. The third kappa shape index (κ3) is 4.35. The van der Waals surface area contributed by atoms with E-state index in [1.54, 1.807) is 0 Å². The lowest BCUT2D eigenvalue weighted by Crippen LogP contribution is -2.30. The molecule has 0 aliphatic carbocycles. The molecule has 0 bridgehead atoms. The second-order valence-corrected chi connectivity index (χ2v) is 4.85. The number of ether oxygens (including phenoxy) is 1. The number of nitro groups is 1. The lowest BCUT2D eigenvalue weighted by atomic mass is 10.2. The van der Waals surface area contributed by atoms with Gasteiger partial charge in [0.05, 0.1) is 10.5 Å². The van der Waals surface area contributed by atoms with Crippen LogP contribution in [0.15, 0.2) is 48.5 Å². The quantitative estimate of drug-likeness (QED) is 0.515. The Morgan fingerprint density at radius 3 is 2.50 bits per heavy atom. The molecule has 0 heterocycles. The molecule has 1 amide bonds. The normalized spacial score (nSPS) is 11.4. The molecule has 0 fully saturated rings. The monoisotopic (exact) mass is 332 g/mol. The minimum absolute atomic E-state index is 0.0365. The number of halogens is 1. The fourth-order valence-corrected chi connectivity index (χ4v) is 1.81. The molecular formula is C16H13FN2O5. The van der Waals surface area contributed by atoms with Gasteiger partial charge in [-0.3, -0.25) is 14.9 Å². The first-order valence-corrected chi connectivity index (χ1v) is 6.88. The Balaban J connectivity index is 2.00. The predicted molar refractivity (Wildman–Crippen MR) is 83.0 cm³/mol. The van der Waals surface area contributed by atoms with Crippen LogP contribution in [-0.2, 0) is 9.53 Å². The number of non-ortho nitro benzene ring substituents is 1. The Labute approximate surface area is 136 Å². The molecule has 2 rings (SSSR count). The summed E-state index contributed by atoms with van der Waals surface area (Å²) in [5.41, 5.74) is 0.0538. The van der Waals surface area contributed by atoms with E-state index in [1.165, 1.54) is 49.4 Å². The molecule has 0 saturated heterocycles. The highest BCUT2D eigenvalue weighted by molar-refractivity contribution is 5.97. The predicted octanol–water partition coefficient (Wildman–Crippen LogP) is 2.92. The van der Waals surface area contributed by atoms with Gasteiger partial charge >= 0.3 is 5.97 Å². The van der Waals surface area contributed by atoms with Crippen molar-refractivity contribution < 1.29 is 23.6 Å². The maximum Gasteiger partial charge on any atom is 0.339 e. The van der Waals surface area contributed by atoms with E-state index in [-0.39, 0.29) is 11.3 Å². The van der Waals surface area contributed by atoms with Gasteiger partial charge in [-0.1, -0.05) is 6.07 Å². The van der Waals surface area contributed by atoms with Crippen LogP contribution in [0.3, 0.4) is 0 Å². The molecule has 24 heavy (non-hydrogen) atoms. The summed E-state index contributed by atoms with van der Waals surface area (Å²) in [6.45, 7) is 1.36. The first kappa shape index (κ1) is 17.1. The maximum atomic E-state index is 12.8. The van der Waals surface area contributed by atoms with Gasteiger partial charge in [0.15, 0.2) is 6.10 Å². The Hall–Kier alpha value is -3.29. The zero-order chi connectivity index (χ0) is 17.7. The highest BCUT2D eigenvalue weighted by atomic mass is 19.1. The van der Waals surface area contributed by atoms with Crippen LogP contribution in [0.1, 0.15) is 17.3 Å². The van der Waals surface area contributed by atoms with Crippen molar-refractivity contribution in [2.75, 3.05) is 5.32 Å². The number of anilines is 1. The van der Waals surface area contributed by atoms with E-state index >= 15 is 0 Å². The Bertz CT molecular complexity index is 776. The third-order valence-electron chi connectivity index (χ3n) is 3.06. The van der Waals surface area contributed by atoms with Gasteiger partial charge in [-0.25, -0.2) is 9.18 Å². The number of nitrogens with one attached hydrogen (secondary N) is 1. The molecule has 1 atom stereocenters. The SMILES string of the molecule is C[C@@H](OC(=O)c1cccc([N+](=O)[O-])c1)C(=O)Nc1ccc(F)cc1. The van der Waals surface area contributed by atoms with E-state index in [4.69, 9.17) is 4.74 Å². The van der Waals surface area contributed by atoms with Crippen LogP contribution in [-0.4, -0.2) is 22.9 Å². The van der Waals surface area contributed by atoms with Crippen molar-refractivity contribution >= 4 is 23.3 Å². The molecule has 0 saturated carbocycles. The summed E-state index contributed by atoms with van der Waals surface area (Å²) in [6, 6.07) is 10.1. The lowest BCUT2D eigenvalue weighted by molar-refractivity contribution is -0.384. The number of nitrogens with zero attached hydrogens (tertiary/aromatic N) is 1. The second kappa shape index (κ2) is 7.32. The molecule has 124 valence electrons. The average molecular weight is 332 g/mol. The zero-order valence-electron chi connectivity index (χ0n) is 12.6. The molecule has 0 aliphatic rings. The van der Waals surface area contributed by atoms with Gasteiger partial charge in [-0.05, 0) is 37.3 Å². The van der Waals surface area contributed by atoms with Gasteiger partial charge in [0.25, 0.3) is 11.6 Å². The minimum Gasteiger partial charge on any atom is -0.449 e. The van der Waals surface area contributed by atoms with E-state index in [9.17, 15) is 24.1 Å². The van der Waals surface area contributed by atoms with Gasteiger partial charge in [0, 0.05) is 17.8 Å². The smallest absolute Gasteiger partial charge is 0.339 e. The van der Waals surface area contributed by atoms with Crippen molar-refractivity contribution in [3.63, 3.8) is 0 Å². The van der Waals surface area contributed by atoms with Crippen LogP contribution in [0, 0.1) is 15.9 Å². The Morgan fingerprint density at radius 1 is 1.21 bits per heavy atom. The van der Waals surface area contributed by atoms with Crippen LogP contribution in [0.5, 0.6) is 0 Å². The maximum absolute atomic E-state index is 12.8. The van der Waals surface area contributed by atoms with Crippen molar-refractivity contribution in [2.24, 2.45) is 0 Å². The number of benzene rings is 2. The van der Waals surface area contributed by atoms with Crippen molar-refractivity contribution in [3.05, 3.63) is 70.0 Å². The van der Waals surface area contributed by atoms with Crippen LogP contribution in [0.4, 0.5) is 15.8 Å². The highest BCUT2D eigenvalue weighted by Crippen LogP contribution is 2.15. The number of nitro benzene ring substituents is 1. The summed E-state index contributed by atoms with van der Waals surface area (Å²) in [5, 5.41) is 13.2. The van der Waals surface area contributed by atoms with Crippen LogP contribution < -0.4 is 5.32 Å². The van der Waals surface area contributed by atoms with Gasteiger partial charge in [-0.15, -0.1) is 0 Å². The van der Waals surface area contributed by atoms with E-state index in [0.717, 1.165) is 6.07 Å². The first-order valence-electron chi connectivity index (χ1n) is 6.88. The summed E-state index contributed by atoms with van der Waals surface area (Å²) >= 11 is 0. The van der Waals surface area contributed by atoms with E-state index < -0.39 is 28.7 Å². The van der Waals surface area contributed by atoms with Crippen molar-refractivity contribution in [2.45, 2.75) is 13.0 Å². The number of rotatable bonds is 5. The third-order valence-corrected chi connectivity index (χ3v) is 3.06. The minimum atomic E-state index is -1.14. The fraction of sp³-hybridized carbons (Fsp3) is 0.125. The summed E-state index contributed by atoms with van der Waals surface area (Å²) in [6.07, 6.45) is -1.14. The number of carbonyl (C=O) groups is 2. The molecule has 0 radical (unpaired) electrons. The van der Waals surface area contributed by atoms with E-state index in [1.807, 2.05) is 0 Å². The number of amides is 1. The van der Waals surface area contributed by atoms with E-state index in [2.05, 4.69) is 5.32 Å². The molecule has 0 aliphatic heterocycles. The molecule has 0 spiro atoms. The topological polar surface area (TPSA) is 98.5 Å². The number of hydrogen-bond donors (Lipinski definition) is 1. The molecule has 2 aromatic carbocycles. The summed E-state index contributed by atoms with van der Waals surface area (Å²) in [4.78, 5) is 34.0. The van der Waals surface area contributed by atoms with Crippen molar-refractivity contribution in [3.8, 4) is 0 Å². The highest BCUT2D eigenvalue weighted by Gasteiger charge is 2.20. The van der Waals surface area contributed by atoms with Crippen LogP contribution in [0.2, 0.25) is 0 Å². The summed E-state index contributed by atoms with van der Waals surface area (Å²) in [5.74, 6) is -1.92. The van der Waals surface area contributed by atoms with Gasteiger partial charge < -0.3 is 10.1 Å². The van der Waals surface area contributed by atoms with E-state index in [0.29, 0.717) is 5.69 Å². The molecule has 8 heteroatoms. The second-order valence-electron chi connectivity index (χ2n) is 4.85. The van der Waals surface area contributed by atoms with Gasteiger partial charge in [0.1, 0.15) is 5.82 Å². The fourth-order valence-electron chi connectivity index (χ4n) is 1.81. The van der Waals surface area contributed by atoms with Crippen LogP contribution >= 0.6 is 0 Å². The van der Waals surface area contributed by atoms with Crippen molar-refractivity contribution in [1.82, 2.24) is 0 Å². The average Bonchev–Trinajstić information content (AvgIpc) is 2.56. The molecular weight excluding hydrogens is 319 g/mol. The molecule has 0 aromatic heterocycles. The molecule has 2 aromatic rings. The zero-order valence-corrected chi connectivity index (χ0v) is 12.6. The largest absolute Gasteiger partial charge is 0.449 e. The number of esters is 1. The summed E-state index contributed by atoms with van der Waals surface area (Å²) in [7, 11) is 0. The molecule has 0 unspecified atom stereocenters. The van der Waals surface area contributed by atoms with Crippen molar-refractivity contribution in [1.29, 1.82) is 0 Å². The lowest BCUT2D eigenvalue weighted by Gasteiger charge is -2.13. The van der Waals surface area contributed by atoms with Crippen LogP contribution in [0.25, 0.3) is 0 Å². The number of hydrogen-bond acceptors (Lipinski definition) is 5. The van der Waals surface area contributed by atoms with Gasteiger partial charge in [-0.2, -0.15) is 0 Å². The standard InChI is InChI=1S/C16H13FN2O5/c1-10(15(20)18-13-7-5-12(17)6-8-13)24-16(21)11-3-2-4-14(9-11)19(22)23/h2-10H,1H3,(H,18,20)/t10-/m1/s1. The molecule has 1 N–H and O–H groups in total. The Morgan fingerprint density at radius 2 is 1.88 bits per heavy atom. The van der Waals surface area contributed by atoms with Gasteiger partial charge in [0.2, 0.25) is 0 Å². The summed E-state index contributed by atoms with van der Waals surface area (Å²) < 4.78 is 17.8. The molecule has 7 nitrogen and oxygen atoms in total.